The summed E-state index contributed by atoms with van der Waals surface area (Å²) < 4.78 is 5.82. The fourth-order valence-electron chi connectivity index (χ4n) is 1.96. The summed E-state index contributed by atoms with van der Waals surface area (Å²) in [6.07, 6.45) is 1.70. The highest BCUT2D eigenvalue weighted by Gasteiger charge is 2.09. The van der Waals surface area contributed by atoms with E-state index >= 15 is 0 Å². The summed E-state index contributed by atoms with van der Waals surface area (Å²) in [5.74, 6) is -0.968. The van der Waals surface area contributed by atoms with Crippen molar-refractivity contribution in [2.75, 3.05) is 0 Å². The maximum absolute atomic E-state index is 11.9. The van der Waals surface area contributed by atoms with E-state index in [9.17, 15) is 9.59 Å². The zero-order valence-electron chi connectivity index (χ0n) is 12.1. The zero-order valence-corrected chi connectivity index (χ0v) is 12.1. The van der Waals surface area contributed by atoms with Crippen LogP contribution in [0.15, 0.2) is 66.7 Å². The molecule has 1 atom stereocenters. The number of carbonyl (C=O) groups excluding carboxylic acids is 1. The maximum Gasteiger partial charge on any atom is 0.328 e. The smallest absolute Gasteiger partial charge is 0.328 e. The van der Waals surface area contributed by atoms with Crippen LogP contribution in [-0.4, -0.2) is 16.9 Å². The van der Waals surface area contributed by atoms with E-state index in [2.05, 4.69) is 0 Å². The van der Waals surface area contributed by atoms with Gasteiger partial charge in [-0.2, -0.15) is 0 Å². The molecule has 0 saturated heterocycles. The first kappa shape index (κ1) is 15.5. The van der Waals surface area contributed by atoms with Crippen LogP contribution < -0.4 is 4.74 Å². The normalized spacial score (nSPS) is 12.0. The number of aliphatic carboxylic acids is 1. The zero-order chi connectivity index (χ0) is 15.9. The van der Waals surface area contributed by atoms with Gasteiger partial charge in [-0.05, 0) is 30.7 Å². The van der Waals surface area contributed by atoms with E-state index in [-0.39, 0.29) is 11.9 Å². The molecular formula is C18H16O4. The highest BCUT2D eigenvalue weighted by Crippen LogP contribution is 2.22. The molecule has 0 aliphatic heterocycles. The summed E-state index contributed by atoms with van der Waals surface area (Å²) in [4.78, 5) is 22.3. The molecule has 0 bridgehead atoms. The van der Waals surface area contributed by atoms with Gasteiger partial charge in [-0.1, -0.05) is 42.5 Å². The Morgan fingerprint density at radius 3 is 2.45 bits per heavy atom. The molecule has 0 aliphatic rings. The molecule has 0 fully saturated rings. The molecule has 0 spiro atoms. The molecule has 2 aromatic carbocycles. The first-order valence-corrected chi connectivity index (χ1v) is 6.83. The second-order valence-electron chi connectivity index (χ2n) is 4.73. The number of allylic oxidation sites excluding steroid dienone is 1. The molecule has 0 aromatic heterocycles. The molecule has 4 nitrogen and oxygen atoms in total. The first-order valence-electron chi connectivity index (χ1n) is 6.83. The molecule has 0 saturated carbocycles. The lowest BCUT2D eigenvalue weighted by molar-refractivity contribution is -0.131. The summed E-state index contributed by atoms with van der Waals surface area (Å²) >= 11 is 0. The fourth-order valence-corrected chi connectivity index (χ4v) is 1.96. The van der Waals surface area contributed by atoms with Gasteiger partial charge in [-0.15, -0.1) is 0 Å². The van der Waals surface area contributed by atoms with Crippen molar-refractivity contribution in [3.8, 4) is 5.75 Å². The molecule has 2 aromatic rings. The number of ether oxygens (including phenoxy) is 1. The number of hydrogen-bond acceptors (Lipinski definition) is 3. The van der Waals surface area contributed by atoms with Crippen LogP contribution in [0.1, 0.15) is 28.9 Å². The van der Waals surface area contributed by atoms with Crippen LogP contribution >= 0.6 is 0 Å². The summed E-state index contributed by atoms with van der Waals surface area (Å²) in [7, 11) is 0. The van der Waals surface area contributed by atoms with Gasteiger partial charge < -0.3 is 9.84 Å². The quantitative estimate of drug-likeness (QED) is 0.653. The Labute approximate surface area is 128 Å². The van der Waals surface area contributed by atoms with E-state index in [0.29, 0.717) is 11.3 Å². The minimum atomic E-state index is -1.15. The van der Waals surface area contributed by atoms with Gasteiger partial charge in [0, 0.05) is 11.6 Å². The fraction of sp³-hybridized carbons (Fsp3) is 0.111. The van der Waals surface area contributed by atoms with Crippen molar-refractivity contribution in [2.24, 2.45) is 0 Å². The predicted molar refractivity (Wildman–Crippen MR) is 83.0 cm³/mol. The summed E-state index contributed by atoms with van der Waals surface area (Å²) in [6, 6.07) is 16.4. The van der Waals surface area contributed by atoms with Crippen LogP contribution in [0.25, 0.3) is 0 Å². The topological polar surface area (TPSA) is 63.6 Å². The largest absolute Gasteiger partial charge is 0.486 e. The van der Waals surface area contributed by atoms with E-state index in [1.165, 1.54) is 0 Å². The standard InChI is InChI=1S/C18H16O4/c1-13(14-6-3-2-4-7-14)22-16-9-5-8-15(12-16)17(19)10-11-18(20)21/h2-13H,1H3,(H,20,21)/b11-10+. The van der Waals surface area contributed by atoms with Crippen molar-refractivity contribution in [2.45, 2.75) is 13.0 Å². The number of hydrogen-bond donors (Lipinski definition) is 1. The van der Waals surface area contributed by atoms with Gasteiger partial charge in [-0.25, -0.2) is 4.79 Å². The monoisotopic (exact) mass is 296 g/mol. The Hall–Kier alpha value is -2.88. The van der Waals surface area contributed by atoms with Gasteiger partial charge in [0.05, 0.1) is 0 Å². The maximum atomic E-state index is 11.9. The summed E-state index contributed by atoms with van der Waals surface area (Å²) in [6.45, 7) is 1.92. The van der Waals surface area contributed by atoms with Gasteiger partial charge in [-0.3, -0.25) is 4.79 Å². The van der Waals surface area contributed by atoms with Crippen LogP contribution in [0.4, 0.5) is 0 Å². The highest BCUT2D eigenvalue weighted by molar-refractivity contribution is 6.07. The average Bonchev–Trinajstić information content (AvgIpc) is 2.53. The third-order valence-corrected chi connectivity index (χ3v) is 3.08. The van der Waals surface area contributed by atoms with Gasteiger partial charge in [0.15, 0.2) is 5.78 Å². The number of carbonyl (C=O) groups is 2. The Balaban J connectivity index is 2.12. The third kappa shape index (κ3) is 4.31. The molecule has 0 radical (unpaired) electrons. The molecule has 2 rings (SSSR count). The lowest BCUT2D eigenvalue weighted by Gasteiger charge is -2.15. The van der Waals surface area contributed by atoms with E-state index in [1.54, 1.807) is 24.3 Å². The number of carboxylic acids is 1. The van der Waals surface area contributed by atoms with E-state index in [0.717, 1.165) is 17.7 Å². The van der Waals surface area contributed by atoms with Crippen molar-refractivity contribution in [1.29, 1.82) is 0 Å². The molecule has 4 heteroatoms. The van der Waals surface area contributed by atoms with Crippen LogP contribution in [0, 0.1) is 0 Å². The van der Waals surface area contributed by atoms with Gasteiger partial charge in [0.25, 0.3) is 0 Å². The van der Waals surface area contributed by atoms with Crippen molar-refractivity contribution in [3.63, 3.8) is 0 Å². The van der Waals surface area contributed by atoms with E-state index < -0.39 is 5.97 Å². The van der Waals surface area contributed by atoms with E-state index in [1.807, 2.05) is 37.3 Å². The molecule has 0 amide bonds. The number of benzene rings is 2. The Morgan fingerprint density at radius 2 is 1.77 bits per heavy atom. The molecule has 0 aliphatic carbocycles. The predicted octanol–water partition coefficient (Wildman–Crippen LogP) is 3.65. The second-order valence-corrected chi connectivity index (χ2v) is 4.73. The number of carboxylic acid groups (broad SMARTS) is 1. The van der Waals surface area contributed by atoms with Crippen molar-refractivity contribution in [3.05, 3.63) is 77.9 Å². The number of rotatable bonds is 6. The lowest BCUT2D eigenvalue weighted by Crippen LogP contribution is -2.04. The van der Waals surface area contributed by atoms with Gasteiger partial charge in [0.1, 0.15) is 11.9 Å². The molecule has 1 unspecified atom stereocenters. The second kappa shape index (κ2) is 7.22. The summed E-state index contributed by atoms with van der Waals surface area (Å²) in [5.41, 5.74) is 1.42. The van der Waals surface area contributed by atoms with Gasteiger partial charge >= 0.3 is 5.97 Å². The summed E-state index contributed by atoms with van der Waals surface area (Å²) in [5, 5.41) is 8.55. The van der Waals surface area contributed by atoms with Crippen molar-refractivity contribution in [1.82, 2.24) is 0 Å². The molecule has 0 heterocycles. The highest BCUT2D eigenvalue weighted by atomic mass is 16.5. The third-order valence-electron chi connectivity index (χ3n) is 3.08. The van der Waals surface area contributed by atoms with E-state index in [4.69, 9.17) is 9.84 Å². The first-order chi connectivity index (χ1) is 10.6. The molecule has 1 N–H and O–H groups in total. The average molecular weight is 296 g/mol. The Bertz CT molecular complexity index is 689. The Kier molecular flexibility index (Phi) is 5.09. The minimum absolute atomic E-state index is 0.152. The number of ketones is 1. The van der Waals surface area contributed by atoms with Crippen LogP contribution in [0.2, 0.25) is 0 Å². The van der Waals surface area contributed by atoms with Crippen LogP contribution in [0.3, 0.4) is 0 Å². The van der Waals surface area contributed by atoms with Crippen molar-refractivity contribution < 1.29 is 19.4 Å². The van der Waals surface area contributed by atoms with Crippen LogP contribution in [-0.2, 0) is 4.79 Å². The lowest BCUT2D eigenvalue weighted by atomic mass is 10.1. The minimum Gasteiger partial charge on any atom is -0.486 e. The SMILES string of the molecule is CC(Oc1cccc(C(=O)/C=C/C(=O)O)c1)c1ccccc1. The van der Waals surface area contributed by atoms with Crippen molar-refractivity contribution >= 4 is 11.8 Å². The van der Waals surface area contributed by atoms with Gasteiger partial charge in [0.2, 0.25) is 0 Å². The molecule has 22 heavy (non-hydrogen) atoms. The molecule has 112 valence electrons. The Morgan fingerprint density at radius 1 is 1.05 bits per heavy atom. The van der Waals surface area contributed by atoms with Crippen LogP contribution in [0.5, 0.6) is 5.75 Å². The molecular weight excluding hydrogens is 280 g/mol.